The first-order valence-corrected chi connectivity index (χ1v) is 15.2. The first-order valence-electron chi connectivity index (χ1n) is 13.3. The van der Waals surface area contributed by atoms with Crippen molar-refractivity contribution in [3.05, 3.63) is 54.4 Å². The molecule has 3 atom stereocenters. The number of piperidine rings is 1. The number of carbonyl (C=O) groups is 2. The van der Waals surface area contributed by atoms with E-state index >= 15 is 0 Å². The second-order valence-corrected chi connectivity index (χ2v) is 13.5. The lowest BCUT2D eigenvalue weighted by Crippen LogP contribution is -2.58. The topological polar surface area (TPSA) is 99.0 Å². The molecule has 3 fully saturated rings. The predicted octanol–water partition coefficient (Wildman–Crippen LogP) is 5.02. The van der Waals surface area contributed by atoms with Crippen LogP contribution in [0.2, 0.25) is 0 Å². The van der Waals surface area contributed by atoms with Crippen LogP contribution in [0.15, 0.2) is 53.7 Å². The number of nitrogens with zero attached hydrogens (tertiary/aromatic N) is 5. The number of likely N-dealkylation sites (tertiary alicyclic amines) is 2. The minimum absolute atomic E-state index is 0.0705. The third-order valence-electron chi connectivity index (χ3n) is 8.09. The minimum atomic E-state index is -10.0. The van der Waals surface area contributed by atoms with Crippen molar-refractivity contribution in [3.8, 4) is 6.19 Å². The number of benzene rings is 1. The van der Waals surface area contributed by atoms with Crippen molar-refractivity contribution in [2.24, 2.45) is 5.41 Å². The van der Waals surface area contributed by atoms with Crippen LogP contribution >= 0.6 is 10.2 Å². The summed E-state index contributed by atoms with van der Waals surface area (Å²) in [5, 5.41) is 9.74. The number of pyridine rings is 1. The van der Waals surface area contributed by atoms with Gasteiger partial charge in [0.2, 0.25) is 5.91 Å². The van der Waals surface area contributed by atoms with Crippen molar-refractivity contribution < 1.29 is 38.5 Å². The zero-order valence-electron chi connectivity index (χ0n) is 22.7. The number of carbonyl (C=O) groups excluding carboxylic acids is 2. The third-order valence-corrected chi connectivity index (χ3v) is 9.25. The van der Waals surface area contributed by atoms with Gasteiger partial charge in [-0.25, -0.2) is 0 Å². The number of aromatic nitrogens is 1. The lowest BCUT2D eigenvalue weighted by molar-refractivity contribution is -0.160. The van der Waals surface area contributed by atoms with E-state index in [2.05, 4.69) is 4.98 Å². The predicted molar refractivity (Wildman–Crippen MR) is 143 cm³/mol. The summed E-state index contributed by atoms with van der Waals surface area (Å²) in [6.07, 6.45) is 5.88. The summed E-state index contributed by atoms with van der Waals surface area (Å²) in [7, 11) is -8.60. The van der Waals surface area contributed by atoms with Crippen molar-refractivity contribution >= 4 is 27.7 Å². The fourth-order valence-corrected chi connectivity index (χ4v) is 6.53. The van der Waals surface area contributed by atoms with E-state index in [9.17, 15) is 34.3 Å². The SMILES string of the molecule is COC1CC(C(=O)N(c2ccc(S(F)(F)(F)(F)F)cc2)C(C(=O)N2CCCC3(COC3)C2)c2cccnc2)N(C#N)C1. The molecular formula is C27H30F5N5O4S. The number of hydrogen-bond acceptors (Lipinski definition) is 7. The van der Waals surface area contributed by atoms with Crippen LogP contribution in [0.4, 0.5) is 25.1 Å². The molecule has 3 saturated heterocycles. The summed E-state index contributed by atoms with van der Waals surface area (Å²) in [6, 6.07) is 2.49. The van der Waals surface area contributed by atoms with Gasteiger partial charge in [-0.2, -0.15) is 5.26 Å². The van der Waals surface area contributed by atoms with E-state index < -0.39 is 45.1 Å². The summed E-state index contributed by atoms with van der Waals surface area (Å²) < 4.78 is 78.5. The van der Waals surface area contributed by atoms with E-state index in [-0.39, 0.29) is 41.8 Å². The molecule has 0 bridgehead atoms. The van der Waals surface area contributed by atoms with E-state index in [1.165, 1.54) is 24.4 Å². The molecule has 4 heterocycles. The number of amides is 2. The Morgan fingerprint density at radius 3 is 2.45 bits per heavy atom. The summed E-state index contributed by atoms with van der Waals surface area (Å²) in [6.45, 7) is 1.77. The van der Waals surface area contributed by atoms with Gasteiger partial charge in [-0.05, 0) is 43.2 Å². The van der Waals surface area contributed by atoms with Gasteiger partial charge in [-0.15, -0.1) is 0 Å². The molecule has 1 aromatic heterocycles. The highest BCUT2D eigenvalue weighted by atomic mass is 32.5. The molecule has 0 N–H and O–H groups in total. The van der Waals surface area contributed by atoms with Gasteiger partial charge in [0.15, 0.2) is 6.19 Å². The Labute approximate surface area is 239 Å². The Kier molecular flexibility index (Phi) is 7.19. The summed E-state index contributed by atoms with van der Waals surface area (Å²) in [5.74, 6) is -1.28. The van der Waals surface area contributed by atoms with Gasteiger partial charge in [-0.3, -0.25) is 24.4 Å². The lowest BCUT2D eigenvalue weighted by atomic mass is 9.78. The Hall–Kier alpha value is -3.48. The monoisotopic (exact) mass is 615 g/mol. The fraction of sp³-hybridized carbons (Fsp3) is 0.481. The molecule has 1 aromatic carbocycles. The van der Waals surface area contributed by atoms with Crippen LogP contribution in [0, 0.1) is 16.9 Å². The molecule has 0 radical (unpaired) electrons. The van der Waals surface area contributed by atoms with Crippen molar-refractivity contribution in [1.29, 1.82) is 5.26 Å². The zero-order valence-corrected chi connectivity index (χ0v) is 23.5. The Morgan fingerprint density at radius 2 is 1.90 bits per heavy atom. The summed E-state index contributed by atoms with van der Waals surface area (Å²) >= 11 is 0. The molecule has 2 aromatic rings. The highest BCUT2D eigenvalue weighted by molar-refractivity contribution is 8.45. The highest BCUT2D eigenvalue weighted by Crippen LogP contribution is 3.02. The maximum Gasteiger partial charge on any atom is 0.310 e. The second kappa shape index (κ2) is 10.1. The number of methoxy groups -OCH3 is 1. The van der Waals surface area contributed by atoms with Gasteiger partial charge in [-0.1, -0.05) is 25.5 Å². The first kappa shape index (κ1) is 30.0. The molecule has 3 unspecified atom stereocenters. The van der Waals surface area contributed by atoms with Crippen LogP contribution in [-0.2, 0) is 19.1 Å². The van der Waals surface area contributed by atoms with E-state index in [0.29, 0.717) is 32.7 Å². The van der Waals surface area contributed by atoms with Crippen LogP contribution < -0.4 is 4.90 Å². The molecule has 3 aliphatic rings. The van der Waals surface area contributed by atoms with Crippen LogP contribution in [0.5, 0.6) is 0 Å². The smallest absolute Gasteiger partial charge is 0.310 e. The van der Waals surface area contributed by atoms with Crippen molar-refractivity contribution in [1.82, 2.24) is 14.8 Å². The van der Waals surface area contributed by atoms with Gasteiger partial charge >= 0.3 is 10.2 Å². The molecule has 42 heavy (non-hydrogen) atoms. The molecule has 228 valence electrons. The van der Waals surface area contributed by atoms with Crippen molar-refractivity contribution in [2.45, 2.75) is 42.3 Å². The van der Waals surface area contributed by atoms with Gasteiger partial charge in [0, 0.05) is 55.7 Å². The van der Waals surface area contributed by atoms with Crippen molar-refractivity contribution in [2.75, 3.05) is 44.9 Å². The molecule has 0 aliphatic carbocycles. The van der Waals surface area contributed by atoms with Crippen molar-refractivity contribution in [3.63, 3.8) is 0 Å². The molecule has 5 rings (SSSR count). The van der Waals surface area contributed by atoms with Gasteiger partial charge < -0.3 is 14.4 Å². The number of hydrogen-bond donors (Lipinski definition) is 0. The largest absolute Gasteiger partial charge is 0.380 e. The molecule has 3 aliphatic heterocycles. The maximum atomic E-state index is 14.3. The van der Waals surface area contributed by atoms with Gasteiger partial charge in [0.25, 0.3) is 5.91 Å². The highest BCUT2D eigenvalue weighted by Gasteiger charge is 2.65. The molecule has 9 nitrogen and oxygen atoms in total. The average Bonchev–Trinajstić information content (AvgIpc) is 3.37. The molecule has 0 saturated carbocycles. The Balaban J connectivity index is 1.62. The summed E-state index contributed by atoms with van der Waals surface area (Å²) in [4.78, 5) is 34.4. The van der Waals surface area contributed by atoms with E-state index in [4.69, 9.17) is 9.47 Å². The number of nitriles is 1. The minimum Gasteiger partial charge on any atom is -0.380 e. The standard InChI is InChI=1S/C27H30F5N5O4S/c1-40-21-12-23(36(14-21)18-33)25(38)37(20-5-7-22(8-6-20)42(28,29,30,31)32)24(19-4-2-10-34-13-19)26(39)35-11-3-9-27(15-35)16-41-17-27/h2,4-8,10,13,21,23-24H,3,9,11-12,14-17H2,1H3. The molecule has 1 spiro atoms. The van der Waals surface area contributed by atoms with Crippen LogP contribution in [0.1, 0.15) is 30.9 Å². The van der Waals surface area contributed by atoms with Gasteiger partial charge in [0.1, 0.15) is 17.0 Å². The van der Waals surface area contributed by atoms with Crippen LogP contribution in [-0.4, -0.2) is 78.7 Å². The normalized spacial score (nSPS) is 24.2. The quantitative estimate of drug-likeness (QED) is 0.319. The number of anilines is 1. The maximum absolute atomic E-state index is 14.3. The zero-order chi connectivity index (χ0) is 30.4. The van der Waals surface area contributed by atoms with Crippen LogP contribution in [0.25, 0.3) is 0 Å². The van der Waals surface area contributed by atoms with E-state index in [0.717, 1.165) is 23.5 Å². The first-order chi connectivity index (χ1) is 19.6. The molecular weight excluding hydrogens is 585 g/mol. The average molecular weight is 616 g/mol. The number of ether oxygens (including phenoxy) is 2. The number of rotatable bonds is 7. The van der Waals surface area contributed by atoms with E-state index in [1.807, 2.05) is 6.19 Å². The molecule has 2 amide bonds. The Bertz CT molecular complexity index is 1390. The fourth-order valence-electron chi connectivity index (χ4n) is 5.88. The van der Waals surface area contributed by atoms with E-state index in [1.54, 1.807) is 17.0 Å². The third kappa shape index (κ3) is 5.88. The Morgan fingerprint density at radius 1 is 1.19 bits per heavy atom. The van der Waals surface area contributed by atoms with Crippen LogP contribution in [0.3, 0.4) is 0 Å². The lowest BCUT2D eigenvalue weighted by Gasteiger charge is -2.49. The second-order valence-electron chi connectivity index (χ2n) is 11.1. The molecule has 15 heteroatoms. The summed E-state index contributed by atoms with van der Waals surface area (Å²) in [5.41, 5.74) is -0.174. The van der Waals surface area contributed by atoms with Gasteiger partial charge in [0.05, 0.1) is 25.9 Å². The number of halogens is 5.